The van der Waals surface area contributed by atoms with Gasteiger partial charge >= 0.3 is 0 Å². The predicted octanol–water partition coefficient (Wildman–Crippen LogP) is -1.02. The van der Waals surface area contributed by atoms with E-state index in [4.69, 9.17) is 10.8 Å². The minimum Gasteiger partial charge on any atom is -0.396 e. The molecule has 300 valence electrons. The van der Waals surface area contributed by atoms with Gasteiger partial charge in [-0.2, -0.15) is 0 Å². The monoisotopic (exact) mass is 775 g/mol. The van der Waals surface area contributed by atoms with E-state index in [-0.39, 0.29) is 36.5 Å². The molecule has 0 heterocycles. The number of nitrogens with one attached hydrogen (secondary N) is 6. The summed E-state index contributed by atoms with van der Waals surface area (Å²) in [7, 11) is 0. The maximum atomic E-state index is 13.9. The van der Waals surface area contributed by atoms with Gasteiger partial charge in [-0.05, 0) is 41.7 Å². The van der Waals surface area contributed by atoms with Crippen LogP contribution in [0.2, 0.25) is 0 Å². The molecule has 4 atom stereocenters. The van der Waals surface area contributed by atoms with Crippen molar-refractivity contribution in [2.45, 2.75) is 64.2 Å². The molecule has 0 aromatic heterocycles. The number of ketones is 1. The predicted molar refractivity (Wildman–Crippen MR) is 205 cm³/mol. The molecule has 0 aliphatic heterocycles. The number of hydrogen-bond acceptors (Lipinski definition) is 10. The number of amides is 7. The topological polar surface area (TPSA) is 275 Å². The fourth-order valence-corrected chi connectivity index (χ4v) is 5.62. The van der Waals surface area contributed by atoms with Crippen molar-refractivity contribution in [1.82, 2.24) is 31.9 Å². The summed E-state index contributed by atoms with van der Waals surface area (Å²) in [4.78, 5) is 103. The van der Waals surface area contributed by atoms with Crippen LogP contribution in [0.3, 0.4) is 0 Å². The third-order valence-electron chi connectivity index (χ3n) is 8.61. The third kappa shape index (κ3) is 13.3. The second-order valence-corrected chi connectivity index (χ2v) is 13.4. The summed E-state index contributed by atoms with van der Waals surface area (Å²) < 4.78 is 0. The van der Waals surface area contributed by atoms with Crippen molar-refractivity contribution in [2.24, 2.45) is 11.7 Å². The molecule has 0 bridgehead atoms. The van der Waals surface area contributed by atoms with Crippen molar-refractivity contribution in [3.8, 4) is 0 Å². The van der Waals surface area contributed by atoms with Crippen molar-refractivity contribution in [1.29, 1.82) is 0 Å². The van der Waals surface area contributed by atoms with Gasteiger partial charge in [0.2, 0.25) is 35.4 Å². The maximum Gasteiger partial charge on any atom is 0.252 e. The molecule has 0 saturated heterocycles. The van der Waals surface area contributed by atoms with Gasteiger partial charge in [0.15, 0.2) is 5.78 Å². The summed E-state index contributed by atoms with van der Waals surface area (Å²) in [5.74, 6) is -6.88. The minimum atomic E-state index is -1.68. The number of hydrogen-bond donors (Lipinski definition) is 9. The number of aliphatic hydroxyl groups is 2. The third-order valence-corrected chi connectivity index (χ3v) is 8.61. The number of rotatable bonds is 21. The zero-order chi connectivity index (χ0) is 41.4. The lowest BCUT2D eigenvalue weighted by atomic mass is 9.99. The summed E-state index contributed by atoms with van der Waals surface area (Å²) in [5, 5.41) is 35.4. The summed E-state index contributed by atoms with van der Waals surface area (Å²) in [5.41, 5.74) is 6.17. The first-order valence-electron chi connectivity index (χ1n) is 18.0. The van der Waals surface area contributed by atoms with Gasteiger partial charge in [-0.3, -0.25) is 38.4 Å². The molecule has 0 aliphatic rings. The van der Waals surface area contributed by atoms with Gasteiger partial charge in [0.05, 0.1) is 25.1 Å². The first-order chi connectivity index (χ1) is 26.6. The van der Waals surface area contributed by atoms with Gasteiger partial charge in [-0.1, -0.05) is 74.5 Å². The van der Waals surface area contributed by atoms with Crippen LogP contribution in [0.1, 0.15) is 59.9 Å². The van der Waals surface area contributed by atoms with Crippen LogP contribution in [0.15, 0.2) is 66.7 Å². The molecule has 17 nitrogen and oxygen atoms in total. The number of benzene rings is 3. The van der Waals surface area contributed by atoms with Crippen LogP contribution >= 0.6 is 0 Å². The van der Waals surface area contributed by atoms with E-state index in [1.165, 1.54) is 19.1 Å². The highest BCUT2D eigenvalue weighted by atomic mass is 16.3. The van der Waals surface area contributed by atoms with Crippen LogP contribution in [0.25, 0.3) is 10.8 Å². The van der Waals surface area contributed by atoms with Gasteiger partial charge < -0.3 is 47.8 Å². The van der Waals surface area contributed by atoms with E-state index in [0.29, 0.717) is 12.0 Å². The van der Waals surface area contributed by atoms with Gasteiger partial charge in [0.25, 0.3) is 5.91 Å². The largest absolute Gasteiger partial charge is 0.396 e. The highest BCUT2D eigenvalue weighted by molar-refractivity contribution is 6.08. The van der Waals surface area contributed by atoms with E-state index in [1.54, 1.807) is 32.0 Å². The molecule has 0 radical (unpaired) electrons. The van der Waals surface area contributed by atoms with E-state index < -0.39 is 91.0 Å². The Hall–Kier alpha value is -6.20. The second kappa shape index (κ2) is 21.6. The Bertz CT molecular complexity index is 1920. The van der Waals surface area contributed by atoms with Crippen LogP contribution in [0, 0.1) is 5.92 Å². The zero-order valence-corrected chi connectivity index (χ0v) is 31.4. The fourth-order valence-electron chi connectivity index (χ4n) is 5.62. The Balaban J connectivity index is 1.81. The molecule has 56 heavy (non-hydrogen) atoms. The van der Waals surface area contributed by atoms with Crippen molar-refractivity contribution in [2.75, 3.05) is 26.3 Å². The van der Waals surface area contributed by atoms with Gasteiger partial charge in [0, 0.05) is 25.1 Å². The van der Waals surface area contributed by atoms with E-state index in [9.17, 15) is 43.5 Å². The van der Waals surface area contributed by atoms with Crippen molar-refractivity contribution in [3.63, 3.8) is 0 Å². The van der Waals surface area contributed by atoms with E-state index in [1.807, 2.05) is 36.4 Å². The Morgan fingerprint density at radius 2 is 1.29 bits per heavy atom. The number of nitrogens with two attached hydrogens (primary N) is 1. The average Bonchev–Trinajstić information content (AvgIpc) is 3.16. The molecule has 3 aromatic rings. The number of aliphatic hydroxyl groups excluding tert-OH is 2. The molecular weight excluding hydrogens is 726 g/mol. The number of carbonyl (C=O) groups is 8. The summed E-state index contributed by atoms with van der Waals surface area (Å²) in [6.45, 7) is 3.22. The molecule has 17 heteroatoms. The highest BCUT2D eigenvalue weighted by Gasteiger charge is 2.33. The summed E-state index contributed by atoms with van der Waals surface area (Å²) in [6.07, 6.45) is -0.499. The molecular formula is C39H49N7O10. The molecule has 3 rings (SSSR count). The Morgan fingerprint density at radius 1 is 0.679 bits per heavy atom. The average molecular weight is 776 g/mol. The molecule has 7 amide bonds. The van der Waals surface area contributed by atoms with Crippen LogP contribution in [0.4, 0.5) is 0 Å². The fraction of sp³-hybridized carbons (Fsp3) is 0.385. The molecule has 0 fully saturated rings. The SMILES string of the molecule is CC(=O)c1ccccc1C(=O)NC(Cc1ccc2ccccc2c1)C(=O)NC(CC(N)=O)C(=O)NC(CO)C(=O)NC(C(=O)NCC(=O)NCCCO)C(C)C. The van der Waals surface area contributed by atoms with Crippen LogP contribution in [-0.2, 0) is 35.2 Å². The first-order valence-corrected chi connectivity index (χ1v) is 18.0. The number of fused-ring (bicyclic) bond motifs is 1. The zero-order valence-electron chi connectivity index (χ0n) is 31.4. The van der Waals surface area contributed by atoms with E-state index >= 15 is 0 Å². The second-order valence-electron chi connectivity index (χ2n) is 13.4. The Morgan fingerprint density at radius 3 is 1.91 bits per heavy atom. The van der Waals surface area contributed by atoms with Gasteiger partial charge in [-0.25, -0.2) is 0 Å². The smallest absolute Gasteiger partial charge is 0.252 e. The Kier molecular flexibility index (Phi) is 17.1. The maximum absolute atomic E-state index is 13.9. The number of carbonyl (C=O) groups excluding carboxylic acids is 8. The lowest BCUT2D eigenvalue weighted by Gasteiger charge is -2.26. The van der Waals surface area contributed by atoms with Crippen LogP contribution < -0.4 is 37.6 Å². The lowest BCUT2D eigenvalue weighted by Crippen LogP contribution is -2.60. The standard InChI is InChI=1S/C39H49N7O10/c1-22(2)34(39(56)42-20-33(51)41-15-8-16-47)46-38(55)31(21-48)45-37(54)30(19-32(40)50)44-36(53)29(18-24-13-14-25-9-4-5-10-26(25)17-24)43-35(52)28-12-7-6-11-27(28)23(3)49/h4-7,9-14,17,22,29-31,34,47-48H,8,15-16,18-21H2,1-3H3,(H2,40,50)(H,41,51)(H,42,56)(H,43,52)(H,44,53)(H,45,54)(H,46,55). The highest BCUT2D eigenvalue weighted by Crippen LogP contribution is 2.18. The van der Waals surface area contributed by atoms with E-state index in [0.717, 1.165) is 10.8 Å². The molecule has 4 unspecified atom stereocenters. The number of primary amides is 1. The normalized spacial score (nSPS) is 13.0. The summed E-state index contributed by atoms with van der Waals surface area (Å²) in [6, 6.07) is 13.0. The van der Waals surface area contributed by atoms with Crippen molar-refractivity contribution < 1.29 is 48.6 Å². The Labute approximate surface area is 323 Å². The van der Waals surface area contributed by atoms with Gasteiger partial charge in [-0.15, -0.1) is 0 Å². The minimum absolute atomic E-state index is 0.00855. The molecule has 10 N–H and O–H groups in total. The quantitative estimate of drug-likeness (QED) is 0.0469. The molecule has 0 spiro atoms. The van der Waals surface area contributed by atoms with Crippen LogP contribution in [0.5, 0.6) is 0 Å². The van der Waals surface area contributed by atoms with Crippen molar-refractivity contribution >= 4 is 57.9 Å². The molecule has 3 aromatic carbocycles. The van der Waals surface area contributed by atoms with Crippen LogP contribution in [-0.4, -0.2) is 108 Å². The van der Waals surface area contributed by atoms with Gasteiger partial charge in [0.1, 0.15) is 24.2 Å². The van der Waals surface area contributed by atoms with E-state index in [2.05, 4.69) is 31.9 Å². The first kappa shape index (κ1) is 44.2. The van der Waals surface area contributed by atoms with Crippen molar-refractivity contribution in [3.05, 3.63) is 83.4 Å². The summed E-state index contributed by atoms with van der Waals surface area (Å²) >= 11 is 0. The lowest BCUT2D eigenvalue weighted by molar-refractivity contribution is -0.136. The molecule has 0 saturated carbocycles. The molecule has 0 aliphatic carbocycles. The number of Topliss-reactive ketones (excluding diaryl/α,β-unsaturated/α-hetero) is 1.